The van der Waals surface area contributed by atoms with Crippen LogP contribution in [-0.2, 0) is 16.1 Å². The van der Waals surface area contributed by atoms with E-state index in [-0.39, 0.29) is 18.4 Å². The number of nitrogens with one attached hydrogen (secondary N) is 1. The van der Waals surface area contributed by atoms with Crippen molar-refractivity contribution in [3.63, 3.8) is 0 Å². The van der Waals surface area contributed by atoms with E-state index < -0.39 is 5.54 Å². The lowest BCUT2D eigenvalue weighted by atomic mass is 10.0. The minimum absolute atomic E-state index is 0.0637. The van der Waals surface area contributed by atoms with Crippen LogP contribution in [0.1, 0.15) is 25.3 Å². The Hall–Kier alpha value is -1.85. The maximum absolute atomic E-state index is 12.1. The van der Waals surface area contributed by atoms with Gasteiger partial charge in [-0.15, -0.1) is 0 Å². The van der Waals surface area contributed by atoms with E-state index in [4.69, 9.17) is 4.52 Å². The Morgan fingerprint density at radius 3 is 2.82 bits per heavy atom. The van der Waals surface area contributed by atoms with Crippen LogP contribution in [0.25, 0.3) is 0 Å². The first kappa shape index (κ1) is 11.6. The van der Waals surface area contributed by atoms with Gasteiger partial charge in [-0.3, -0.25) is 9.59 Å². The van der Waals surface area contributed by atoms with E-state index in [9.17, 15) is 9.59 Å². The van der Waals surface area contributed by atoms with Crippen molar-refractivity contribution in [2.45, 2.75) is 32.9 Å². The fourth-order valence-electron chi connectivity index (χ4n) is 1.90. The molecule has 2 rings (SSSR count). The molecule has 2 heterocycles. The third kappa shape index (κ3) is 2.30. The van der Waals surface area contributed by atoms with Crippen molar-refractivity contribution >= 4 is 11.8 Å². The minimum atomic E-state index is -0.853. The second kappa shape index (κ2) is 3.87. The second-order valence-electron chi connectivity index (χ2n) is 4.76. The van der Waals surface area contributed by atoms with Crippen molar-refractivity contribution in [1.29, 1.82) is 0 Å². The third-order valence-electron chi connectivity index (χ3n) is 2.64. The molecule has 0 aliphatic carbocycles. The quantitative estimate of drug-likeness (QED) is 0.798. The number of rotatable bonds is 2. The van der Waals surface area contributed by atoms with E-state index in [1.54, 1.807) is 26.8 Å². The van der Waals surface area contributed by atoms with Gasteiger partial charge in [0.15, 0.2) is 0 Å². The standard InChI is InChI=1S/C11H15N3O3/c1-7-4-8(13-17-7)5-14-6-9(15)12-11(2,3)10(14)16/h4H,5-6H2,1-3H3,(H,12,15). The average Bonchev–Trinajstić information content (AvgIpc) is 2.59. The van der Waals surface area contributed by atoms with E-state index in [1.807, 2.05) is 0 Å². The summed E-state index contributed by atoms with van der Waals surface area (Å²) in [7, 11) is 0. The molecule has 1 aromatic heterocycles. The SMILES string of the molecule is Cc1cc(CN2CC(=O)NC(C)(C)C2=O)no1. The number of nitrogens with zero attached hydrogens (tertiary/aromatic N) is 2. The van der Waals surface area contributed by atoms with Gasteiger partial charge >= 0.3 is 0 Å². The van der Waals surface area contributed by atoms with Crippen LogP contribution in [0.15, 0.2) is 10.6 Å². The van der Waals surface area contributed by atoms with Crippen LogP contribution < -0.4 is 5.32 Å². The lowest BCUT2D eigenvalue weighted by molar-refractivity contribution is -0.149. The van der Waals surface area contributed by atoms with Crippen molar-refractivity contribution in [2.24, 2.45) is 0 Å². The van der Waals surface area contributed by atoms with E-state index >= 15 is 0 Å². The fourth-order valence-corrected chi connectivity index (χ4v) is 1.90. The highest BCUT2D eigenvalue weighted by atomic mass is 16.5. The molecule has 1 N–H and O–H groups in total. The molecule has 0 aromatic carbocycles. The molecule has 0 unspecified atom stereocenters. The topological polar surface area (TPSA) is 75.4 Å². The van der Waals surface area contributed by atoms with Crippen LogP contribution in [0.4, 0.5) is 0 Å². The van der Waals surface area contributed by atoms with Gasteiger partial charge in [0.1, 0.15) is 23.5 Å². The molecule has 1 aliphatic heterocycles. The molecule has 6 nitrogen and oxygen atoms in total. The molecule has 2 amide bonds. The summed E-state index contributed by atoms with van der Waals surface area (Å²) in [4.78, 5) is 25.0. The number of hydrogen-bond donors (Lipinski definition) is 1. The van der Waals surface area contributed by atoms with Crippen LogP contribution in [-0.4, -0.2) is 34.0 Å². The highest BCUT2D eigenvalue weighted by Crippen LogP contribution is 2.16. The number of aryl methyl sites for hydroxylation is 1. The fraction of sp³-hybridized carbons (Fsp3) is 0.545. The third-order valence-corrected chi connectivity index (χ3v) is 2.64. The molecule has 1 aromatic rings. The molecule has 0 saturated carbocycles. The van der Waals surface area contributed by atoms with Crippen LogP contribution in [0.3, 0.4) is 0 Å². The van der Waals surface area contributed by atoms with Gasteiger partial charge < -0.3 is 14.7 Å². The van der Waals surface area contributed by atoms with Gasteiger partial charge in [-0.25, -0.2) is 0 Å². The summed E-state index contributed by atoms with van der Waals surface area (Å²) in [5, 5.41) is 6.47. The van der Waals surface area contributed by atoms with Crippen molar-refractivity contribution in [3.8, 4) is 0 Å². The summed E-state index contributed by atoms with van der Waals surface area (Å²) in [6.07, 6.45) is 0. The summed E-state index contributed by atoms with van der Waals surface area (Å²) in [6, 6.07) is 1.76. The predicted octanol–water partition coefficient (Wildman–Crippen LogP) is 0.220. The zero-order valence-electron chi connectivity index (χ0n) is 10.1. The van der Waals surface area contributed by atoms with Gasteiger partial charge in [0.05, 0.1) is 6.54 Å². The van der Waals surface area contributed by atoms with E-state index in [0.29, 0.717) is 18.0 Å². The number of hydrogen-bond acceptors (Lipinski definition) is 4. The molecule has 0 spiro atoms. The molecule has 17 heavy (non-hydrogen) atoms. The van der Waals surface area contributed by atoms with Crippen molar-refractivity contribution in [3.05, 3.63) is 17.5 Å². The summed E-state index contributed by atoms with van der Waals surface area (Å²) in [5.74, 6) is 0.417. The highest BCUT2D eigenvalue weighted by Gasteiger charge is 2.39. The monoisotopic (exact) mass is 237 g/mol. The molecule has 0 radical (unpaired) electrons. The molecular weight excluding hydrogens is 222 g/mol. The van der Waals surface area contributed by atoms with Crippen LogP contribution in [0.5, 0.6) is 0 Å². The Balaban J connectivity index is 2.15. The smallest absolute Gasteiger partial charge is 0.248 e. The van der Waals surface area contributed by atoms with Crippen molar-refractivity contribution < 1.29 is 14.1 Å². The van der Waals surface area contributed by atoms with Crippen LogP contribution >= 0.6 is 0 Å². The Morgan fingerprint density at radius 2 is 2.24 bits per heavy atom. The molecule has 0 bridgehead atoms. The number of aromatic nitrogens is 1. The van der Waals surface area contributed by atoms with Gasteiger partial charge in [-0.1, -0.05) is 5.16 Å². The summed E-state index contributed by atoms with van der Waals surface area (Å²) >= 11 is 0. The first-order valence-electron chi connectivity index (χ1n) is 5.41. The molecule has 1 aliphatic rings. The summed E-state index contributed by atoms with van der Waals surface area (Å²) in [6.45, 7) is 5.52. The average molecular weight is 237 g/mol. The number of piperazine rings is 1. The Labute approximate surface area is 98.9 Å². The maximum Gasteiger partial charge on any atom is 0.248 e. The summed E-state index contributed by atoms with van der Waals surface area (Å²) < 4.78 is 4.93. The maximum atomic E-state index is 12.1. The second-order valence-corrected chi connectivity index (χ2v) is 4.76. The van der Waals surface area contributed by atoms with Gasteiger partial charge in [0.2, 0.25) is 11.8 Å². The van der Waals surface area contributed by atoms with Crippen molar-refractivity contribution in [1.82, 2.24) is 15.4 Å². The van der Waals surface area contributed by atoms with E-state index in [0.717, 1.165) is 0 Å². The molecule has 0 atom stereocenters. The first-order valence-corrected chi connectivity index (χ1v) is 5.41. The molecular formula is C11H15N3O3. The van der Waals surface area contributed by atoms with Gasteiger partial charge in [0.25, 0.3) is 0 Å². The Bertz CT molecular complexity index is 464. The molecule has 6 heteroatoms. The number of carbonyl (C=O) groups is 2. The normalized spacial score (nSPS) is 19.4. The summed E-state index contributed by atoms with van der Waals surface area (Å²) in [5.41, 5.74) is -0.199. The molecule has 1 fully saturated rings. The zero-order chi connectivity index (χ0) is 12.6. The molecule has 1 saturated heterocycles. The predicted molar refractivity (Wildman–Crippen MR) is 58.9 cm³/mol. The van der Waals surface area contributed by atoms with Gasteiger partial charge in [-0.05, 0) is 20.8 Å². The van der Waals surface area contributed by atoms with E-state index in [2.05, 4.69) is 10.5 Å². The van der Waals surface area contributed by atoms with E-state index in [1.165, 1.54) is 4.90 Å². The molecule has 92 valence electrons. The highest BCUT2D eigenvalue weighted by molar-refractivity contribution is 5.97. The Morgan fingerprint density at radius 1 is 1.53 bits per heavy atom. The lowest BCUT2D eigenvalue weighted by Gasteiger charge is -2.36. The number of carbonyl (C=O) groups excluding carboxylic acids is 2. The van der Waals surface area contributed by atoms with Crippen LogP contribution in [0.2, 0.25) is 0 Å². The minimum Gasteiger partial charge on any atom is -0.361 e. The number of amides is 2. The van der Waals surface area contributed by atoms with Gasteiger partial charge in [0, 0.05) is 6.07 Å². The zero-order valence-corrected chi connectivity index (χ0v) is 10.1. The lowest BCUT2D eigenvalue weighted by Crippen LogP contribution is -2.63. The van der Waals surface area contributed by atoms with Crippen molar-refractivity contribution in [2.75, 3.05) is 6.54 Å². The van der Waals surface area contributed by atoms with Crippen LogP contribution in [0, 0.1) is 6.92 Å². The largest absolute Gasteiger partial charge is 0.361 e. The van der Waals surface area contributed by atoms with Gasteiger partial charge in [-0.2, -0.15) is 0 Å². The Kier molecular flexibility index (Phi) is 2.65. The first-order chi connectivity index (χ1) is 7.88.